The van der Waals surface area contributed by atoms with Gasteiger partial charge in [-0.25, -0.2) is 0 Å². The van der Waals surface area contributed by atoms with E-state index in [0.717, 1.165) is 0 Å². The van der Waals surface area contributed by atoms with Crippen molar-refractivity contribution < 1.29 is 19.8 Å². The molecule has 21 heavy (non-hydrogen) atoms. The van der Waals surface area contributed by atoms with E-state index in [4.69, 9.17) is 10.2 Å². The van der Waals surface area contributed by atoms with Crippen LogP contribution in [0.4, 0.5) is 0 Å². The third-order valence-electron chi connectivity index (χ3n) is 3.26. The quantitative estimate of drug-likeness (QED) is 0.390. The van der Waals surface area contributed by atoms with Crippen molar-refractivity contribution >= 4 is 39.9 Å². The van der Waals surface area contributed by atoms with E-state index in [-0.39, 0.29) is 12.8 Å². The minimum atomic E-state index is -1.08. The van der Waals surface area contributed by atoms with Gasteiger partial charge in [0.1, 0.15) is 0 Å². The van der Waals surface area contributed by atoms with E-state index in [2.05, 4.69) is 6.92 Å². The SMILES string of the molecule is CCCCCCCCCCC[CH2][Na].O=C(O)CCC(=O)O. The molecule has 0 fully saturated rings. The van der Waals surface area contributed by atoms with E-state index < -0.39 is 11.9 Å². The summed E-state index contributed by atoms with van der Waals surface area (Å²) in [4.78, 5) is 19.3. The Morgan fingerprint density at radius 2 is 1.05 bits per heavy atom. The van der Waals surface area contributed by atoms with E-state index in [9.17, 15) is 9.59 Å². The molecule has 0 rings (SSSR count). The van der Waals surface area contributed by atoms with Crippen molar-refractivity contribution in [3.8, 4) is 0 Å². The molecule has 0 unspecified atom stereocenters. The van der Waals surface area contributed by atoms with Crippen LogP contribution in [-0.4, -0.2) is 50.1 Å². The Morgan fingerprint density at radius 1 is 0.714 bits per heavy atom. The number of carboxylic acids is 2. The summed E-state index contributed by atoms with van der Waals surface area (Å²) in [5.74, 6) is -2.15. The van der Waals surface area contributed by atoms with Crippen LogP contribution in [-0.2, 0) is 9.59 Å². The zero-order valence-electron chi connectivity index (χ0n) is 13.9. The van der Waals surface area contributed by atoms with Gasteiger partial charge in [-0.15, -0.1) is 0 Å². The summed E-state index contributed by atoms with van der Waals surface area (Å²) in [5, 5.41) is 15.8. The second kappa shape index (κ2) is 19.9. The Balaban J connectivity index is 0. The Morgan fingerprint density at radius 3 is 1.33 bits per heavy atom. The molecule has 0 aliphatic heterocycles. The van der Waals surface area contributed by atoms with Gasteiger partial charge in [-0.05, 0) is 0 Å². The molecule has 0 aromatic carbocycles. The van der Waals surface area contributed by atoms with Crippen LogP contribution in [0.1, 0.15) is 84.0 Å². The van der Waals surface area contributed by atoms with Gasteiger partial charge in [-0.2, -0.15) is 0 Å². The van der Waals surface area contributed by atoms with Crippen LogP contribution in [0.25, 0.3) is 0 Å². The second-order valence-corrected chi connectivity index (χ2v) is 6.47. The molecular weight excluding hydrogens is 279 g/mol. The first kappa shape index (κ1) is 23.2. The summed E-state index contributed by atoms with van der Waals surface area (Å²) in [5.41, 5.74) is 0. The minimum Gasteiger partial charge on any atom is -0.481 e. The van der Waals surface area contributed by atoms with Crippen molar-refractivity contribution in [2.75, 3.05) is 0 Å². The monoisotopic (exact) mass is 310 g/mol. The fourth-order valence-corrected chi connectivity index (χ4v) is 2.45. The molecule has 0 aromatic heterocycles. The normalized spacial score (nSPS) is 9.86. The van der Waals surface area contributed by atoms with Gasteiger partial charge < -0.3 is 10.2 Å². The second-order valence-electron chi connectivity index (χ2n) is 5.47. The molecule has 120 valence electrons. The van der Waals surface area contributed by atoms with Crippen LogP contribution in [0.5, 0.6) is 0 Å². The number of hydrogen-bond acceptors (Lipinski definition) is 2. The predicted octanol–water partition coefficient (Wildman–Crippen LogP) is 4.43. The molecular formula is C16H31NaO4. The Kier molecular flexibility index (Phi) is 22.0. The van der Waals surface area contributed by atoms with Crippen molar-refractivity contribution in [2.24, 2.45) is 0 Å². The van der Waals surface area contributed by atoms with Gasteiger partial charge in [0.05, 0.1) is 12.8 Å². The van der Waals surface area contributed by atoms with E-state index in [1.807, 2.05) is 0 Å². The standard InChI is InChI=1S/C12H25.C4H6O4.Na/c1-3-5-7-9-11-12-10-8-6-4-2;5-3(6)1-2-4(7)8;/h1,3-12H2,2H3;1-2H2,(H,5,6)(H,7,8);. The van der Waals surface area contributed by atoms with Crippen molar-refractivity contribution in [1.29, 1.82) is 0 Å². The first-order chi connectivity index (χ1) is 10.0. The smallest absolute Gasteiger partial charge is 0.303 e. The summed E-state index contributed by atoms with van der Waals surface area (Å²) in [6.07, 6.45) is 14.1. The van der Waals surface area contributed by atoms with E-state index >= 15 is 0 Å². The third-order valence-corrected chi connectivity index (χ3v) is 3.97. The summed E-state index contributed by atoms with van der Waals surface area (Å²) in [6, 6.07) is 0. The molecule has 2 N–H and O–H groups in total. The van der Waals surface area contributed by atoms with Gasteiger partial charge in [0.25, 0.3) is 0 Å². The summed E-state index contributed by atoms with van der Waals surface area (Å²) >= 11 is 1.41. The molecule has 0 aromatic rings. The summed E-state index contributed by atoms with van der Waals surface area (Å²) < 4.78 is 1.51. The van der Waals surface area contributed by atoms with E-state index in [1.165, 1.54) is 95.8 Å². The van der Waals surface area contributed by atoms with Gasteiger partial charge in [-0.1, -0.05) is 0 Å². The Labute approximate surface area is 147 Å². The maximum atomic E-state index is 9.64. The Hall–Kier alpha value is -0.0600. The van der Waals surface area contributed by atoms with Crippen molar-refractivity contribution in [3.63, 3.8) is 0 Å². The molecule has 0 spiro atoms. The molecule has 0 aliphatic carbocycles. The first-order valence-electron chi connectivity index (χ1n) is 8.48. The molecule has 0 saturated carbocycles. The minimum absolute atomic E-state index is 0.296. The summed E-state index contributed by atoms with van der Waals surface area (Å²) in [7, 11) is 0. The summed E-state index contributed by atoms with van der Waals surface area (Å²) in [6.45, 7) is 2.29. The van der Waals surface area contributed by atoms with Crippen LogP contribution in [0.2, 0.25) is 3.67 Å². The van der Waals surface area contributed by atoms with Crippen molar-refractivity contribution in [2.45, 2.75) is 87.6 Å². The first-order valence-corrected chi connectivity index (χ1v) is 9.89. The molecule has 0 amide bonds. The largest absolute Gasteiger partial charge is 0.481 e. The van der Waals surface area contributed by atoms with Crippen LogP contribution in [0.3, 0.4) is 0 Å². The van der Waals surface area contributed by atoms with Gasteiger partial charge in [-0.3, -0.25) is 9.59 Å². The molecule has 0 bridgehead atoms. The molecule has 0 aliphatic rings. The number of hydrogen-bond donors (Lipinski definition) is 2. The number of carboxylic acid groups (broad SMARTS) is 2. The van der Waals surface area contributed by atoms with Gasteiger partial charge in [0.15, 0.2) is 0 Å². The maximum absolute atomic E-state index is 9.64. The average Bonchev–Trinajstić information content (AvgIpc) is 2.44. The topological polar surface area (TPSA) is 74.6 Å². The Bertz CT molecular complexity index is 220. The number of carbonyl (C=O) groups is 2. The van der Waals surface area contributed by atoms with Crippen LogP contribution in [0.15, 0.2) is 0 Å². The molecule has 5 heteroatoms. The van der Waals surface area contributed by atoms with Crippen LogP contribution >= 0.6 is 0 Å². The molecule has 0 radical (unpaired) electrons. The molecule has 0 atom stereocenters. The van der Waals surface area contributed by atoms with E-state index in [1.54, 1.807) is 0 Å². The molecule has 4 nitrogen and oxygen atoms in total. The van der Waals surface area contributed by atoms with Crippen LogP contribution < -0.4 is 0 Å². The van der Waals surface area contributed by atoms with Gasteiger partial charge in [0, 0.05) is 0 Å². The maximum Gasteiger partial charge on any atom is 0.303 e. The zero-order valence-corrected chi connectivity index (χ0v) is 15.9. The average molecular weight is 310 g/mol. The van der Waals surface area contributed by atoms with Crippen molar-refractivity contribution in [3.05, 3.63) is 0 Å². The van der Waals surface area contributed by atoms with Crippen LogP contribution in [0, 0.1) is 0 Å². The van der Waals surface area contributed by atoms with Gasteiger partial charge in [0.2, 0.25) is 0 Å². The number of rotatable bonds is 13. The zero-order chi connectivity index (χ0) is 16.3. The number of unbranched alkanes of at least 4 members (excludes halogenated alkanes) is 9. The van der Waals surface area contributed by atoms with Gasteiger partial charge >= 0.3 is 115 Å². The predicted molar refractivity (Wildman–Crippen MR) is 86.9 cm³/mol. The fourth-order valence-electron chi connectivity index (χ4n) is 1.95. The number of aliphatic carboxylic acids is 2. The molecule has 0 saturated heterocycles. The van der Waals surface area contributed by atoms with E-state index in [0.29, 0.717) is 0 Å². The van der Waals surface area contributed by atoms with Crippen molar-refractivity contribution in [1.82, 2.24) is 0 Å². The molecule has 0 heterocycles. The third kappa shape index (κ3) is 28.8. The fraction of sp³-hybridized carbons (Fsp3) is 0.875.